The summed E-state index contributed by atoms with van der Waals surface area (Å²) in [6.07, 6.45) is 5.06. The first-order valence-electron chi connectivity index (χ1n) is 12.0. The first-order valence-corrected chi connectivity index (χ1v) is 12.0. The second kappa shape index (κ2) is 9.12. The van der Waals surface area contributed by atoms with Gasteiger partial charge in [0.15, 0.2) is 0 Å². The molecule has 0 radical (unpaired) electrons. The van der Waals surface area contributed by atoms with Crippen LogP contribution >= 0.6 is 0 Å². The second-order valence-corrected chi connectivity index (χ2v) is 9.52. The highest BCUT2D eigenvalue weighted by Gasteiger charge is 2.31. The molecule has 8 nitrogen and oxygen atoms in total. The molecule has 1 aliphatic heterocycles. The van der Waals surface area contributed by atoms with Crippen LogP contribution in [0.3, 0.4) is 0 Å². The maximum atomic E-state index is 13.1. The van der Waals surface area contributed by atoms with Gasteiger partial charge in [0.25, 0.3) is 5.75 Å². The molecule has 2 aliphatic rings. The summed E-state index contributed by atoms with van der Waals surface area (Å²) in [7, 11) is 1.77. The van der Waals surface area contributed by atoms with Crippen molar-refractivity contribution in [3.8, 4) is 5.75 Å². The number of hydrogen-bond donors (Lipinski definition) is 0. The summed E-state index contributed by atoms with van der Waals surface area (Å²) < 4.78 is 16.5. The van der Waals surface area contributed by atoms with Crippen LogP contribution in [0.5, 0.6) is 5.75 Å². The van der Waals surface area contributed by atoms with Crippen molar-refractivity contribution in [3.63, 3.8) is 0 Å². The molecule has 2 fully saturated rings. The zero-order chi connectivity index (χ0) is 23.8. The van der Waals surface area contributed by atoms with Crippen LogP contribution in [-0.4, -0.2) is 56.2 Å². The Morgan fingerprint density at radius 2 is 1.79 bits per heavy atom. The van der Waals surface area contributed by atoms with E-state index in [1.807, 2.05) is 11.0 Å². The van der Waals surface area contributed by atoms with Crippen molar-refractivity contribution in [2.45, 2.75) is 32.2 Å². The van der Waals surface area contributed by atoms with E-state index < -0.39 is 5.95 Å². The highest BCUT2D eigenvalue weighted by Crippen LogP contribution is 2.32. The number of anilines is 1. The predicted molar refractivity (Wildman–Crippen MR) is 129 cm³/mol. The average molecular weight is 469 g/mol. The molecular formula is C25H31FN5O3+. The number of nitrogens with zero attached hydrogens (tertiary/aromatic N) is 5. The minimum atomic E-state index is -0.486. The van der Waals surface area contributed by atoms with Crippen molar-refractivity contribution in [2.75, 3.05) is 31.1 Å². The largest absolute Gasteiger partial charge is 0.593 e. The van der Waals surface area contributed by atoms with Crippen molar-refractivity contribution in [1.29, 1.82) is 0 Å². The van der Waals surface area contributed by atoms with E-state index in [4.69, 9.17) is 5.11 Å². The first kappa shape index (κ1) is 22.4. The number of piperazine rings is 1. The Morgan fingerprint density at radius 3 is 2.47 bits per heavy atom. The van der Waals surface area contributed by atoms with Gasteiger partial charge in [0.05, 0.1) is 29.0 Å². The van der Waals surface area contributed by atoms with Gasteiger partial charge in [-0.3, -0.25) is 13.9 Å². The molecule has 2 aromatic heterocycles. The highest BCUT2D eigenvalue weighted by atomic mass is 19.1. The quantitative estimate of drug-likeness (QED) is 0.435. The Labute approximate surface area is 197 Å². The van der Waals surface area contributed by atoms with E-state index in [9.17, 15) is 14.0 Å². The fourth-order valence-electron chi connectivity index (χ4n) is 5.44. The summed E-state index contributed by atoms with van der Waals surface area (Å²) in [6.45, 7) is 3.39. The molecule has 5 rings (SSSR count). The van der Waals surface area contributed by atoms with Gasteiger partial charge in [-0.1, -0.05) is 0 Å². The summed E-state index contributed by atoms with van der Waals surface area (Å²) in [5.41, 5.74) is 2.50. The lowest BCUT2D eigenvalue weighted by Crippen LogP contribution is -2.50. The fraction of sp³-hybridized carbons (Fsp3) is 0.480. The molecule has 3 aromatic rings. The van der Waals surface area contributed by atoms with Gasteiger partial charge in [-0.25, -0.2) is 9.78 Å². The summed E-state index contributed by atoms with van der Waals surface area (Å²) in [5.74, 6) is 0.539. The number of hydrogen-bond acceptors (Lipinski definition) is 4. The number of carbonyl (C=O) groups excluding carboxylic acids is 1. The molecule has 1 aromatic carbocycles. The van der Waals surface area contributed by atoms with Crippen LogP contribution in [0.15, 0.2) is 41.3 Å². The Morgan fingerprint density at radius 1 is 1.06 bits per heavy atom. The molecule has 1 saturated heterocycles. The number of pyridine rings is 1. The molecule has 0 unspecified atom stereocenters. The molecule has 180 valence electrons. The van der Waals surface area contributed by atoms with Crippen molar-refractivity contribution >= 4 is 22.6 Å². The Hall–Kier alpha value is -3.36. The monoisotopic (exact) mass is 468 g/mol. The van der Waals surface area contributed by atoms with Gasteiger partial charge in [0.2, 0.25) is 11.9 Å². The van der Waals surface area contributed by atoms with Gasteiger partial charge in [0, 0.05) is 51.8 Å². The molecule has 9 heteroatoms. The van der Waals surface area contributed by atoms with E-state index in [0.717, 1.165) is 55.5 Å². The summed E-state index contributed by atoms with van der Waals surface area (Å²) in [4.78, 5) is 33.7. The van der Waals surface area contributed by atoms with E-state index in [1.165, 1.54) is 6.07 Å². The van der Waals surface area contributed by atoms with Gasteiger partial charge in [0.1, 0.15) is 0 Å². The number of fused-ring (bicyclic) bond motifs is 1. The van der Waals surface area contributed by atoms with E-state index in [-0.39, 0.29) is 17.5 Å². The summed E-state index contributed by atoms with van der Waals surface area (Å²) in [5, 5.41) is 7.93. The number of amides is 1. The molecule has 1 amide bonds. The number of imidazole rings is 1. The molecular weight excluding hydrogens is 437 g/mol. The molecule has 0 atom stereocenters. The second-order valence-electron chi connectivity index (χ2n) is 9.52. The molecule has 1 aliphatic carbocycles. The third-order valence-electron chi connectivity index (χ3n) is 7.45. The van der Waals surface area contributed by atoms with Crippen LogP contribution in [0.25, 0.3) is 11.0 Å². The number of halogens is 1. The van der Waals surface area contributed by atoms with Crippen molar-refractivity contribution < 1.29 is 14.3 Å². The number of rotatable bonds is 4. The van der Waals surface area contributed by atoms with Gasteiger partial charge in [-0.15, -0.1) is 0 Å². The molecule has 3 heterocycles. The Balaban J connectivity index is 1.16. The smallest absolute Gasteiger partial charge is 0.328 e. The molecule has 0 bridgehead atoms. The predicted octanol–water partition coefficient (Wildman–Crippen LogP) is 2.47. The van der Waals surface area contributed by atoms with Crippen LogP contribution in [0.1, 0.15) is 25.7 Å². The van der Waals surface area contributed by atoms with Crippen LogP contribution in [0.4, 0.5) is 10.1 Å². The van der Waals surface area contributed by atoms with Crippen LogP contribution < -0.4 is 10.6 Å². The minimum Gasteiger partial charge on any atom is -0.593 e. The Bertz CT molecular complexity index is 1240. The number of aromatic nitrogens is 3. The maximum absolute atomic E-state index is 13.1. The third kappa shape index (κ3) is 4.26. The average Bonchev–Trinajstić information content (AvgIpc) is 3.09. The topological polar surface area (TPSA) is 86.3 Å². The number of benzene rings is 1. The van der Waals surface area contributed by atoms with E-state index in [2.05, 4.69) is 9.88 Å². The van der Waals surface area contributed by atoms with Gasteiger partial charge >= 0.3 is 5.69 Å². The van der Waals surface area contributed by atoms with Crippen LogP contribution in [0, 0.1) is 17.8 Å². The van der Waals surface area contributed by atoms with Crippen LogP contribution in [0.2, 0.25) is 0 Å². The normalized spacial score (nSPS) is 21.2. The molecule has 34 heavy (non-hydrogen) atoms. The molecule has 0 spiro atoms. The first-order chi connectivity index (χ1) is 16.4. The lowest BCUT2D eigenvalue weighted by Gasteiger charge is -2.38. The van der Waals surface area contributed by atoms with Gasteiger partial charge in [-0.05, 0) is 49.8 Å². The Kier molecular flexibility index (Phi) is 6.02. The van der Waals surface area contributed by atoms with E-state index in [0.29, 0.717) is 31.3 Å². The maximum Gasteiger partial charge on any atom is 0.328 e. The zero-order valence-corrected chi connectivity index (χ0v) is 19.4. The van der Waals surface area contributed by atoms with Gasteiger partial charge < -0.3 is 14.9 Å². The van der Waals surface area contributed by atoms with Crippen LogP contribution in [-0.2, 0) is 18.4 Å². The third-order valence-corrected chi connectivity index (χ3v) is 7.45. The summed E-state index contributed by atoms with van der Waals surface area (Å²) in [6, 6.07) is 8.39. The standard InChI is InChI=1S/C25H30FN5O3/c1-28-21-8-7-20(32)14-22(21)31(25(28)34)16-17-2-4-18(5-3-17)24(33)30-12-10-29(11-13-30)19-6-9-23(26)27-15-19/h6-9,14-15,17-18,32H,2-5,10-13,16H2,1H3/p+1. The van der Waals surface area contributed by atoms with Crippen molar-refractivity contribution in [2.24, 2.45) is 18.9 Å². The SMILES string of the molecule is Cn1c(=O)n(CC2CCC(C(=O)N3CCN(c4ccc(F)nc4)CC3)CC2)c2cc([OH2+])ccc21. The van der Waals surface area contributed by atoms with Gasteiger partial charge in [-0.2, -0.15) is 4.39 Å². The molecule has 2 N–H and O–H groups in total. The van der Waals surface area contributed by atoms with Crippen molar-refractivity contribution in [1.82, 2.24) is 19.0 Å². The van der Waals surface area contributed by atoms with E-state index >= 15 is 0 Å². The molecule has 1 saturated carbocycles. The number of aryl methyl sites for hydroxylation is 1. The van der Waals surface area contributed by atoms with E-state index in [1.54, 1.807) is 40.6 Å². The minimum absolute atomic E-state index is 0.0411. The number of carbonyl (C=O) groups is 1. The zero-order valence-electron chi connectivity index (χ0n) is 19.4. The fourth-order valence-corrected chi connectivity index (χ4v) is 5.44. The summed E-state index contributed by atoms with van der Waals surface area (Å²) >= 11 is 0. The highest BCUT2D eigenvalue weighted by molar-refractivity contribution is 5.79. The lowest BCUT2D eigenvalue weighted by molar-refractivity contribution is -0.137. The lowest BCUT2D eigenvalue weighted by atomic mass is 9.81. The van der Waals surface area contributed by atoms with Crippen molar-refractivity contribution in [3.05, 3.63) is 53.0 Å².